The average Bonchev–Trinajstić information content (AvgIpc) is 2.36. The van der Waals surface area contributed by atoms with Crippen molar-refractivity contribution in [1.29, 1.82) is 0 Å². The highest BCUT2D eigenvalue weighted by molar-refractivity contribution is 9.10. The number of anilines is 1. The molecule has 0 spiro atoms. The second-order valence-electron chi connectivity index (χ2n) is 5.18. The van der Waals surface area contributed by atoms with Crippen LogP contribution in [-0.4, -0.2) is 30.2 Å². The molecule has 1 aliphatic heterocycles. The van der Waals surface area contributed by atoms with Crippen molar-refractivity contribution in [3.63, 3.8) is 0 Å². The number of halogens is 1. The van der Waals surface area contributed by atoms with Gasteiger partial charge in [0.1, 0.15) is 0 Å². The van der Waals surface area contributed by atoms with Gasteiger partial charge in [-0.25, -0.2) is 0 Å². The van der Waals surface area contributed by atoms with Crippen LogP contribution in [0.1, 0.15) is 19.3 Å². The number of nitrogens with zero attached hydrogens (tertiary/aromatic N) is 1. The Morgan fingerprint density at radius 1 is 1.47 bits per heavy atom. The normalized spacial score (nSPS) is 23.4. The fraction of sp³-hybridized carbons (Fsp3) is 0.500. The Balaban J connectivity index is 2.03. The highest BCUT2D eigenvalue weighted by Crippen LogP contribution is 2.27. The molecule has 0 bridgehead atoms. The molecule has 1 aromatic carbocycles. The van der Waals surface area contributed by atoms with Crippen molar-refractivity contribution in [2.45, 2.75) is 25.3 Å². The first-order chi connectivity index (χ1) is 9.04. The van der Waals surface area contributed by atoms with E-state index in [0.29, 0.717) is 12.3 Å². The van der Waals surface area contributed by atoms with Gasteiger partial charge in [-0.2, -0.15) is 0 Å². The van der Waals surface area contributed by atoms with Gasteiger partial charge in [0, 0.05) is 35.7 Å². The third-order valence-electron chi connectivity index (χ3n) is 3.51. The zero-order chi connectivity index (χ0) is 13.8. The minimum atomic E-state index is -0.729. The van der Waals surface area contributed by atoms with E-state index in [2.05, 4.69) is 33.0 Å². The third kappa shape index (κ3) is 4.21. The average molecular weight is 327 g/mol. The Morgan fingerprint density at radius 2 is 2.26 bits per heavy atom. The summed E-state index contributed by atoms with van der Waals surface area (Å²) < 4.78 is 1.05. The van der Waals surface area contributed by atoms with Crippen LogP contribution in [0.2, 0.25) is 0 Å². The van der Waals surface area contributed by atoms with Gasteiger partial charge in [-0.05, 0) is 37.0 Å². The number of rotatable bonds is 4. The molecule has 0 saturated carbocycles. The molecule has 2 atom stereocenters. The predicted octanol–water partition coefficient (Wildman–Crippen LogP) is 2.47. The summed E-state index contributed by atoms with van der Waals surface area (Å²) in [6, 6.07) is 8.26. The summed E-state index contributed by atoms with van der Waals surface area (Å²) in [5, 5.41) is 8.78. The molecule has 0 radical (unpaired) electrons. The third-order valence-corrected chi connectivity index (χ3v) is 4.00. The number of hydrogen-bond acceptors (Lipinski definition) is 3. The lowest BCUT2D eigenvalue weighted by Gasteiger charge is -2.37. The fourth-order valence-electron chi connectivity index (χ4n) is 2.67. The van der Waals surface area contributed by atoms with Crippen LogP contribution in [0, 0.1) is 5.92 Å². The molecule has 0 aliphatic carbocycles. The first-order valence-electron chi connectivity index (χ1n) is 6.52. The van der Waals surface area contributed by atoms with Crippen molar-refractivity contribution in [1.82, 2.24) is 0 Å². The van der Waals surface area contributed by atoms with Crippen LogP contribution in [0.3, 0.4) is 0 Å². The molecule has 5 heteroatoms. The minimum absolute atomic E-state index is 0.117. The molecule has 104 valence electrons. The first-order valence-corrected chi connectivity index (χ1v) is 7.32. The van der Waals surface area contributed by atoms with Gasteiger partial charge in [-0.3, -0.25) is 4.79 Å². The van der Waals surface area contributed by atoms with E-state index in [-0.39, 0.29) is 12.5 Å². The van der Waals surface area contributed by atoms with Gasteiger partial charge in [-0.1, -0.05) is 22.0 Å². The number of benzene rings is 1. The molecule has 1 saturated heterocycles. The summed E-state index contributed by atoms with van der Waals surface area (Å²) in [5.74, 6) is -0.369. The van der Waals surface area contributed by atoms with Crippen LogP contribution in [-0.2, 0) is 4.79 Å². The maximum atomic E-state index is 10.7. The first kappa shape index (κ1) is 14.3. The van der Waals surface area contributed by atoms with E-state index < -0.39 is 5.97 Å². The van der Waals surface area contributed by atoms with Crippen molar-refractivity contribution in [2.75, 3.05) is 18.0 Å². The Kier molecular flexibility index (Phi) is 4.82. The second kappa shape index (κ2) is 6.39. The van der Waals surface area contributed by atoms with Gasteiger partial charge >= 0.3 is 5.97 Å². The maximum Gasteiger partial charge on any atom is 0.303 e. The monoisotopic (exact) mass is 326 g/mol. The number of hydrogen-bond donors (Lipinski definition) is 2. The van der Waals surface area contributed by atoms with E-state index in [1.165, 1.54) is 0 Å². The topological polar surface area (TPSA) is 66.6 Å². The standard InChI is InChI=1S/C14H19BrN2O2/c15-11-2-1-3-13(7-11)17-8-10(4-5-14(18)19)6-12(16)9-17/h1-3,7,10,12H,4-6,8-9,16H2,(H,18,19). The summed E-state index contributed by atoms with van der Waals surface area (Å²) in [6.45, 7) is 1.72. The van der Waals surface area contributed by atoms with E-state index in [0.717, 1.165) is 29.7 Å². The van der Waals surface area contributed by atoms with Gasteiger partial charge < -0.3 is 15.7 Å². The molecule has 0 aromatic heterocycles. The summed E-state index contributed by atoms with van der Waals surface area (Å²) in [7, 11) is 0. The lowest BCUT2D eigenvalue weighted by molar-refractivity contribution is -0.137. The molecule has 3 N–H and O–H groups in total. The van der Waals surface area contributed by atoms with Crippen molar-refractivity contribution in [2.24, 2.45) is 11.7 Å². The van der Waals surface area contributed by atoms with E-state index >= 15 is 0 Å². The molecule has 2 unspecified atom stereocenters. The zero-order valence-corrected chi connectivity index (χ0v) is 12.3. The molecule has 1 aliphatic rings. The van der Waals surface area contributed by atoms with Gasteiger partial charge in [0.15, 0.2) is 0 Å². The molecule has 4 nitrogen and oxygen atoms in total. The van der Waals surface area contributed by atoms with Crippen LogP contribution >= 0.6 is 15.9 Å². The molecule has 19 heavy (non-hydrogen) atoms. The number of carboxylic acid groups (broad SMARTS) is 1. The minimum Gasteiger partial charge on any atom is -0.481 e. The fourth-order valence-corrected chi connectivity index (χ4v) is 3.05. The largest absolute Gasteiger partial charge is 0.481 e. The molecule has 1 aromatic rings. The Hall–Kier alpha value is -1.07. The number of carbonyl (C=O) groups is 1. The molecule has 1 heterocycles. The number of carboxylic acids is 1. The maximum absolute atomic E-state index is 10.7. The van der Waals surface area contributed by atoms with E-state index in [4.69, 9.17) is 10.8 Å². The van der Waals surface area contributed by atoms with Gasteiger partial charge in [0.2, 0.25) is 0 Å². The van der Waals surface area contributed by atoms with Crippen LogP contribution in [0.15, 0.2) is 28.7 Å². The number of nitrogens with two attached hydrogens (primary N) is 1. The Morgan fingerprint density at radius 3 is 2.95 bits per heavy atom. The molecular weight excluding hydrogens is 308 g/mol. The summed E-state index contributed by atoms with van der Waals surface area (Å²) in [4.78, 5) is 12.9. The predicted molar refractivity (Wildman–Crippen MR) is 79.3 cm³/mol. The lowest BCUT2D eigenvalue weighted by atomic mass is 9.90. The van der Waals surface area contributed by atoms with Gasteiger partial charge in [0.25, 0.3) is 0 Å². The summed E-state index contributed by atoms with van der Waals surface area (Å²) >= 11 is 3.47. The van der Waals surface area contributed by atoms with Crippen molar-refractivity contribution >= 4 is 27.6 Å². The lowest BCUT2D eigenvalue weighted by Crippen LogP contribution is -2.47. The van der Waals surface area contributed by atoms with Crippen LogP contribution in [0.4, 0.5) is 5.69 Å². The molecule has 2 rings (SSSR count). The van der Waals surface area contributed by atoms with E-state index in [9.17, 15) is 4.79 Å². The Bertz CT molecular complexity index is 453. The van der Waals surface area contributed by atoms with E-state index in [1.807, 2.05) is 12.1 Å². The zero-order valence-electron chi connectivity index (χ0n) is 10.8. The van der Waals surface area contributed by atoms with Crippen LogP contribution in [0.25, 0.3) is 0 Å². The molecule has 1 fully saturated rings. The number of piperidine rings is 1. The van der Waals surface area contributed by atoms with E-state index in [1.54, 1.807) is 0 Å². The molecular formula is C14H19BrN2O2. The van der Waals surface area contributed by atoms with Crippen molar-refractivity contribution < 1.29 is 9.90 Å². The van der Waals surface area contributed by atoms with Crippen LogP contribution < -0.4 is 10.6 Å². The summed E-state index contributed by atoms with van der Waals surface area (Å²) in [5.41, 5.74) is 7.24. The highest BCUT2D eigenvalue weighted by atomic mass is 79.9. The van der Waals surface area contributed by atoms with Crippen molar-refractivity contribution in [3.8, 4) is 0 Å². The summed E-state index contributed by atoms with van der Waals surface area (Å²) in [6.07, 6.45) is 1.84. The Labute approximate surface area is 121 Å². The van der Waals surface area contributed by atoms with Gasteiger partial charge in [0.05, 0.1) is 0 Å². The van der Waals surface area contributed by atoms with Gasteiger partial charge in [-0.15, -0.1) is 0 Å². The van der Waals surface area contributed by atoms with Crippen molar-refractivity contribution in [3.05, 3.63) is 28.7 Å². The second-order valence-corrected chi connectivity index (χ2v) is 6.09. The molecule has 0 amide bonds. The van der Waals surface area contributed by atoms with Crippen LogP contribution in [0.5, 0.6) is 0 Å². The number of aliphatic carboxylic acids is 1. The quantitative estimate of drug-likeness (QED) is 0.892. The highest BCUT2D eigenvalue weighted by Gasteiger charge is 2.25. The SMILES string of the molecule is NC1CC(CCC(=O)O)CN(c2cccc(Br)c2)C1. The smallest absolute Gasteiger partial charge is 0.303 e.